The maximum absolute atomic E-state index is 13.0. The van der Waals surface area contributed by atoms with E-state index in [-0.39, 0.29) is 22.0 Å². The van der Waals surface area contributed by atoms with Crippen LogP contribution in [0.5, 0.6) is 0 Å². The van der Waals surface area contributed by atoms with Gasteiger partial charge in [0.1, 0.15) is 6.04 Å². The molecule has 2 aromatic carbocycles. The highest BCUT2D eigenvalue weighted by Gasteiger charge is 2.57. The molecule has 36 heavy (non-hydrogen) atoms. The van der Waals surface area contributed by atoms with Crippen molar-refractivity contribution in [2.45, 2.75) is 46.1 Å². The van der Waals surface area contributed by atoms with E-state index in [1.807, 2.05) is 13.8 Å². The number of carboxylic acids is 1. The van der Waals surface area contributed by atoms with Crippen molar-refractivity contribution in [1.82, 2.24) is 5.32 Å². The van der Waals surface area contributed by atoms with Crippen LogP contribution in [0.4, 0.5) is 5.69 Å². The average molecular weight is 534 g/mol. The molecule has 0 unspecified atom stereocenters. The molecule has 1 saturated carbocycles. The van der Waals surface area contributed by atoms with Gasteiger partial charge in [0.2, 0.25) is 11.8 Å². The first-order chi connectivity index (χ1) is 16.8. The van der Waals surface area contributed by atoms with E-state index in [0.717, 1.165) is 0 Å². The van der Waals surface area contributed by atoms with Gasteiger partial charge in [0.15, 0.2) is 0 Å². The Bertz CT molecular complexity index is 1180. The molecule has 0 radical (unpaired) electrons. The Morgan fingerprint density at radius 2 is 1.64 bits per heavy atom. The fourth-order valence-electron chi connectivity index (χ4n) is 4.74. The van der Waals surface area contributed by atoms with Gasteiger partial charge < -0.3 is 21.5 Å². The first kappa shape index (κ1) is 27.5. The third kappa shape index (κ3) is 5.34. The topological polar surface area (TPSA) is 139 Å². The van der Waals surface area contributed by atoms with E-state index in [0.29, 0.717) is 24.1 Å². The molecule has 0 heterocycles. The van der Waals surface area contributed by atoms with Crippen molar-refractivity contribution in [1.29, 1.82) is 0 Å². The van der Waals surface area contributed by atoms with Gasteiger partial charge in [-0.05, 0) is 48.1 Å². The van der Waals surface area contributed by atoms with E-state index in [9.17, 15) is 24.3 Å². The Morgan fingerprint density at radius 3 is 2.14 bits per heavy atom. The maximum Gasteiger partial charge on any atom is 0.326 e. The Morgan fingerprint density at radius 1 is 1.06 bits per heavy atom. The van der Waals surface area contributed by atoms with Gasteiger partial charge in [0.25, 0.3) is 5.91 Å². The van der Waals surface area contributed by atoms with Crippen LogP contribution in [0, 0.1) is 16.7 Å². The Hall–Kier alpha value is -3.10. The number of nitrogens with one attached hydrogen (secondary N) is 2. The largest absolute Gasteiger partial charge is 0.480 e. The highest BCUT2D eigenvalue weighted by molar-refractivity contribution is 6.40. The van der Waals surface area contributed by atoms with Crippen molar-refractivity contribution in [2.75, 3.05) is 5.32 Å². The number of aliphatic carboxylic acids is 1. The second-order valence-corrected chi connectivity index (χ2v) is 10.7. The quantitative estimate of drug-likeness (QED) is 0.400. The zero-order chi connectivity index (χ0) is 26.8. The lowest BCUT2D eigenvalue weighted by atomic mass is 9.65. The zero-order valence-corrected chi connectivity index (χ0v) is 21.7. The first-order valence-electron chi connectivity index (χ1n) is 11.5. The summed E-state index contributed by atoms with van der Waals surface area (Å²) in [5, 5.41) is 15.5. The predicted octanol–water partition coefficient (Wildman–Crippen LogP) is 4.29. The number of halogens is 2. The van der Waals surface area contributed by atoms with Crippen molar-refractivity contribution in [3.63, 3.8) is 0 Å². The summed E-state index contributed by atoms with van der Waals surface area (Å²) >= 11 is 12.2. The van der Waals surface area contributed by atoms with E-state index in [2.05, 4.69) is 10.6 Å². The van der Waals surface area contributed by atoms with Gasteiger partial charge in [0, 0.05) is 18.0 Å². The minimum Gasteiger partial charge on any atom is -0.480 e. The molecule has 0 aliphatic heterocycles. The van der Waals surface area contributed by atoms with Crippen molar-refractivity contribution >= 4 is 52.6 Å². The molecule has 0 aromatic heterocycles. The van der Waals surface area contributed by atoms with E-state index in [4.69, 9.17) is 28.9 Å². The number of amides is 3. The smallest absolute Gasteiger partial charge is 0.326 e. The maximum atomic E-state index is 13.0. The molecule has 0 bridgehead atoms. The Labute approximate surface area is 219 Å². The van der Waals surface area contributed by atoms with Gasteiger partial charge in [-0.2, -0.15) is 0 Å². The second-order valence-electron chi connectivity index (χ2n) is 9.86. The van der Waals surface area contributed by atoms with Gasteiger partial charge in [0.05, 0.1) is 21.0 Å². The third-order valence-corrected chi connectivity index (χ3v) is 8.17. The van der Waals surface area contributed by atoms with Crippen molar-refractivity contribution in [3.05, 3.63) is 63.6 Å². The molecule has 3 atom stereocenters. The van der Waals surface area contributed by atoms with Crippen LogP contribution in [-0.2, 0) is 20.8 Å². The van der Waals surface area contributed by atoms with Crippen LogP contribution in [0.15, 0.2) is 42.5 Å². The average Bonchev–Trinajstić information content (AvgIpc) is 3.04. The highest BCUT2D eigenvalue weighted by atomic mass is 35.5. The lowest BCUT2D eigenvalue weighted by Gasteiger charge is -2.39. The lowest BCUT2D eigenvalue weighted by Crippen LogP contribution is -2.51. The van der Waals surface area contributed by atoms with E-state index in [1.165, 1.54) is 0 Å². The standard InChI is InChI=1S/C26H29Cl2N3O5/c1-25(2)16(11-12-26(25,3)24(29)36)21(32)31-19(23(34)35)13-14-7-9-15(10-8-14)30-22(33)20-17(27)5-4-6-18(20)28/h4-10,16,19H,11-13H2,1-3H3,(H2,29,36)(H,30,33)(H,31,32)(H,34,35)/t16-,19+,26+/m1/s1. The van der Waals surface area contributed by atoms with Gasteiger partial charge in [-0.3, -0.25) is 14.4 Å². The number of rotatable bonds is 8. The molecule has 3 rings (SSSR count). The minimum atomic E-state index is -1.18. The highest BCUT2D eigenvalue weighted by Crippen LogP contribution is 2.55. The Balaban J connectivity index is 1.68. The van der Waals surface area contributed by atoms with Crippen LogP contribution >= 0.6 is 23.2 Å². The number of hydrogen-bond donors (Lipinski definition) is 4. The number of nitrogens with two attached hydrogens (primary N) is 1. The lowest BCUT2D eigenvalue weighted by molar-refractivity contribution is -0.144. The summed E-state index contributed by atoms with van der Waals surface area (Å²) in [7, 11) is 0. The predicted molar refractivity (Wildman–Crippen MR) is 138 cm³/mol. The van der Waals surface area contributed by atoms with Crippen molar-refractivity contribution < 1.29 is 24.3 Å². The zero-order valence-electron chi connectivity index (χ0n) is 20.2. The molecule has 1 fully saturated rings. The summed E-state index contributed by atoms with van der Waals surface area (Å²) in [6.07, 6.45) is 0.929. The molecule has 192 valence electrons. The number of hydrogen-bond acceptors (Lipinski definition) is 4. The molecule has 1 aliphatic rings. The summed E-state index contributed by atoms with van der Waals surface area (Å²) in [6, 6.07) is 10.2. The molecular formula is C26H29Cl2N3O5. The molecule has 2 aromatic rings. The van der Waals surface area contributed by atoms with Crippen molar-refractivity contribution in [2.24, 2.45) is 22.5 Å². The van der Waals surface area contributed by atoms with E-state index >= 15 is 0 Å². The molecular weight excluding hydrogens is 505 g/mol. The summed E-state index contributed by atoms with van der Waals surface area (Å²) in [5.74, 6) is -3.09. The molecule has 0 spiro atoms. The number of carboxylic acid groups (broad SMARTS) is 1. The van der Waals surface area contributed by atoms with Crippen LogP contribution in [0.25, 0.3) is 0 Å². The number of benzene rings is 2. The molecule has 0 saturated heterocycles. The Kier molecular flexibility index (Phi) is 8.00. The number of carbonyl (C=O) groups excluding carboxylic acids is 3. The van der Waals surface area contributed by atoms with Gasteiger partial charge >= 0.3 is 5.97 Å². The SMILES string of the molecule is CC1(C)[C@@H](C(=O)N[C@@H](Cc2ccc(NC(=O)c3c(Cl)cccc3Cl)cc2)C(=O)O)CC[C@@]1(C)C(N)=O. The number of carbonyl (C=O) groups is 4. The van der Waals surface area contributed by atoms with Crippen LogP contribution in [0.2, 0.25) is 10.0 Å². The van der Waals surface area contributed by atoms with Crippen LogP contribution < -0.4 is 16.4 Å². The first-order valence-corrected chi connectivity index (χ1v) is 12.2. The second kappa shape index (κ2) is 10.5. The fourth-order valence-corrected chi connectivity index (χ4v) is 5.31. The minimum absolute atomic E-state index is 0.0336. The monoisotopic (exact) mass is 533 g/mol. The van der Waals surface area contributed by atoms with Gasteiger partial charge in [-0.15, -0.1) is 0 Å². The van der Waals surface area contributed by atoms with Crippen LogP contribution in [0.3, 0.4) is 0 Å². The van der Waals surface area contributed by atoms with Gasteiger partial charge in [-0.25, -0.2) is 4.79 Å². The summed E-state index contributed by atoms with van der Waals surface area (Å²) in [4.78, 5) is 49.6. The van der Waals surface area contributed by atoms with Crippen LogP contribution in [-0.4, -0.2) is 34.8 Å². The van der Waals surface area contributed by atoms with Crippen molar-refractivity contribution in [3.8, 4) is 0 Å². The number of anilines is 1. The van der Waals surface area contributed by atoms with Gasteiger partial charge in [-0.1, -0.05) is 62.2 Å². The number of primary amides is 1. The molecule has 3 amide bonds. The summed E-state index contributed by atoms with van der Waals surface area (Å²) < 4.78 is 0. The third-order valence-electron chi connectivity index (χ3n) is 7.54. The van der Waals surface area contributed by atoms with E-state index in [1.54, 1.807) is 49.4 Å². The summed E-state index contributed by atoms with van der Waals surface area (Å²) in [6.45, 7) is 5.37. The molecule has 8 nitrogen and oxygen atoms in total. The molecule has 10 heteroatoms. The van der Waals surface area contributed by atoms with E-state index < -0.39 is 46.5 Å². The molecule has 1 aliphatic carbocycles. The van der Waals surface area contributed by atoms with Crippen LogP contribution in [0.1, 0.15) is 49.5 Å². The fraction of sp³-hybridized carbons (Fsp3) is 0.385. The molecule has 5 N–H and O–H groups in total. The summed E-state index contributed by atoms with van der Waals surface area (Å²) in [5.41, 5.74) is 5.29. The normalized spacial score (nSPS) is 21.4.